The Bertz CT molecular complexity index is 561. The summed E-state index contributed by atoms with van der Waals surface area (Å²) in [5.74, 6) is -0.540. The summed E-state index contributed by atoms with van der Waals surface area (Å²) in [5.41, 5.74) is 0.459. The normalized spacial score (nSPS) is 26.7. The van der Waals surface area contributed by atoms with Crippen LogP contribution in [0.2, 0.25) is 0 Å². The van der Waals surface area contributed by atoms with Gasteiger partial charge in [0.25, 0.3) is 5.91 Å². The lowest BCUT2D eigenvalue weighted by molar-refractivity contribution is -0.147. The molecule has 2 heterocycles. The lowest BCUT2D eigenvalue weighted by Crippen LogP contribution is -2.65. The second-order valence-electron chi connectivity index (χ2n) is 5.41. The lowest BCUT2D eigenvalue weighted by atomic mass is 9.95. The van der Waals surface area contributed by atoms with Crippen LogP contribution in [0.25, 0.3) is 0 Å². The van der Waals surface area contributed by atoms with Crippen LogP contribution in [0.15, 0.2) is 24.3 Å². The molecule has 0 aromatic heterocycles. The summed E-state index contributed by atoms with van der Waals surface area (Å²) in [6, 6.07) is 4.91. The maximum atomic E-state index is 13.4. The van der Waals surface area contributed by atoms with Crippen molar-refractivity contribution in [2.75, 3.05) is 11.4 Å². The zero-order valence-electron chi connectivity index (χ0n) is 11.4. The van der Waals surface area contributed by atoms with Gasteiger partial charge >= 0.3 is 0 Å². The fourth-order valence-corrected chi connectivity index (χ4v) is 3.13. The highest BCUT2D eigenvalue weighted by molar-refractivity contribution is 6.08. The van der Waals surface area contributed by atoms with Crippen molar-refractivity contribution in [1.29, 1.82) is 0 Å². The van der Waals surface area contributed by atoms with Crippen LogP contribution in [0, 0.1) is 5.82 Å². The van der Waals surface area contributed by atoms with Crippen LogP contribution in [0.1, 0.15) is 26.2 Å². The molecule has 2 amide bonds. The van der Waals surface area contributed by atoms with Gasteiger partial charge in [0, 0.05) is 12.2 Å². The van der Waals surface area contributed by atoms with Crippen LogP contribution in [0.5, 0.6) is 0 Å². The van der Waals surface area contributed by atoms with Crippen molar-refractivity contribution in [2.45, 2.75) is 38.3 Å². The first-order chi connectivity index (χ1) is 9.59. The number of halogens is 1. The molecule has 2 aliphatic heterocycles. The third-order valence-electron chi connectivity index (χ3n) is 4.14. The molecule has 2 unspecified atom stereocenters. The number of benzene rings is 1. The maximum absolute atomic E-state index is 13.4. The molecule has 4 nitrogen and oxygen atoms in total. The van der Waals surface area contributed by atoms with Gasteiger partial charge in [0.15, 0.2) is 0 Å². The first-order valence-electron chi connectivity index (χ1n) is 6.98. The fourth-order valence-electron chi connectivity index (χ4n) is 3.13. The standard InChI is InChI=1S/C15H17FN2O2/c1-10-14(19)17-8-3-2-7-13(17)15(20)18(10)12-6-4-5-11(16)9-12/h4-6,9-10,13H,2-3,7-8H2,1H3. The van der Waals surface area contributed by atoms with Gasteiger partial charge in [-0.15, -0.1) is 0 Å². The van der Waals surface area contributed by atoms with Crippen molar-refractivity contribution in [1.82, 2.24) is 4.90 Å². The highest BCUT2D eigenvalue weighted by atomic mass is 19.1. The van der Waals surface area contributed by atoms with Crippen LogP contribution in [-0.2, 0) is 9.59 Å². The SMILES string of the molecule is CC1C(=O)N2CCCCC2C(=O)N1c1cccc(F)c1. The van der Waals surface area contributed by atoms with Crippen molar-refractivity contribution >= 4 is 17.5 Å². The Balaban J connectivity index is 1.98. The Hall–Kier alpha value is -1.91. The zero-order chi connectivity index (χ0) is 14.3. The van der Waals surface area contributed by atoms with Crippen molar-refractivity contribution in [3.05, 3.63) is 30.1 Å². The summed E-state index contributed by atoms with van der Waals surface area (Å²) in [7, 11) is 0. The van der Waals surface area contributed by atoms with Gasteiger partial charge in [-0.3, -0.25) is 14.5 Å². The second-order valence-corrected chi connectivity index (χ2v) is 5.41. The Morgan fingerprint density at radius 1 is 1.20 bits per heavy atom. The summed E-state index contributed by atoms with van der Waals surface area (Å²) in [6.07, 6.45) is 2.59. The molecule has 2 atom stereocenters. The molecule has 2 fully saturated rings. The maximum Gasteiger partial charge on any atom is 0.250 e. The molecule has 3 rings (SSSR count). The Labute approximate surface area is 117 Å². The minimum atomic E-state index is -0.571. The van der Waals surface area contributed by atoms with Crippen molar-refractivity contribution in [3.63, 3.8) is 0 Å². The average molecular weight is 276 g/mol. The molecule has 0 saturated carbocycles. The number of hydrogen-bond acceptors (Lipinski definition) is 2. The van der Waals surface area contributed by atoms with Crippen molar-refractivity contribution in [2.24, 2.45) is 0 Å². The second kappa shape index (κ2) is 4.89. The van der Waals surface area contributed by atoms with E-state index in [1.54, 1.807) is 24.0 Å². The van der Waals surface area contributed by atoms with E-state index in [4.69, 9.17) is 0 Å². The molecular weight excluding hydrogens is 259 g/mol. The summed E-state index contributed by atoms with van der Waals surface area (Å²) in [6.45, 7) is 2.35. The lowest BCUT2D eigenvalue weighted by Gasteiger charge is -2.46. The zero-order valence-corrected chi connectivity index (χ0v) is 11.4. The van der Waals surface area contributed by atoms with E-state index in [9.17, 15) is 14.0 Å². The van der Waals surface area contributed by atoms with E-state index in [2.05, 4.69) is 0 Å². The largest absolute Gasteiger partial charge is 0.329 e. The molecule has 2 aliphatic rings. The number of rotatable bonds is 1. The molecule has 1 aromatic rings. The topological polar surface area (TPSA) is 40.6 Å². The summed E-state index contributed by atoms with van der Waals surface area (Å²) < 4.78 is 13.4. The molecule has 5 heteroatoms. The third kappa shape index (κ3) is 1.97. The predicted molar refractivity (Wildman–Crippen MR) is 72.7 cm³/mol. The third-order valence-corrected chi connectivity index (χ3v) is 4.14. The van der Waals surface area contributed by atoms with E-state index in [0.717, 1.165) is 12.8 Å². The molecule has 0 bridgehead atoms. The van der Waals surface area contributed by atoms with E-state index < -0.39 is 11.9 Å². The van der Waals surface area contributed by atoms with Gasteiger partial charge in [-0.25, -0.2) is 4.39 Å². The van der Waals surface area contributed by atoms with Gasteiger partial charge in [0.1, 0.15) is 17.9 Å². The molecule has 20 heavy (non-hydrogen) atoms. The Morgan fingerprint density at radius 3 is 2.75 bits per heavy atom. The number of piperidine rings is 1. The van der Waals surface area contributed by atoms with Crippen molar-refractivity contribution < 1.29 is 14.0 Å². The number of fused-ring (bicyclic) bond motifs is 1. The summed E-state index contributed by atoms with van der Waals surface area (Å²) in [5, 5.41) is 0. The number of anilines is 1. The van der Waals surface area contributed by atoms with Crippen LogP contribution >= 0.6 is 0 Å². The van der Waals surface area contributed by atoms with Crippen LogP contribution < -0.4 is 4.90 Å². The monoisotopic (exact) mass is 276 g/mol. The minimum Gasteiger partial charge on any atom is -0.329 e. The highest BCUT2D eigenvalue weighted by Crippen LogP contribution is 2.30. The van der Waals surface area contributed by atoms with Crippen molar-refractivity contribution in [3.8, 4) is 0 Å². The summed E-state index contributed by atoms with van der Waals surface area (Å²) >= 11 is 0. The van der Waals surface area contributed by atoms with Crippen LogP contribution in [0.3, 0.4) is 0 Å². The molecule has 1 aromatic carbocycles. The van der Waals surface area contributed by atoms with Crippen LogP contribution in [-0.4, -0.2) is 35.3 Å². The molecule has 0 aliphatic carbocycles. The number of carbonyl (C=O) groups is 2. The number of carbonyl (C=O) groups excluding carboxylic acids is 2. The average Bonchev–Trinajstić information content (AvgIpc) is 2.45. The van der Waals surface area contributed by atoms with E-state index >= 15 is 0 Å². The number of hydrogen-bond donors (Lipinski definition) is 0. The quantitative estimate of drug-likeness (QED) is 0.786. The molecule has 0 N–H and O–H groups in total. The van der Waals surface area contributed by atoms with Gasteiger partial charge in [0.2, 0.25) is 5.91 Å². The van der Waals surface area contributed by atoms with Gasteiger partial charge in [-0.05, 0) is 44.4 Å². The highest BCUT2D eigenvalue weighted by Gasteiger charge is 2.45. The van der Waals surface area contributed by atoms with Gasteiger partial charge in [-0.2, -0.15) is 0 Å². The van der Waals surface area contributed by atoms with E-state index in [0.29, 0.717) is 18.7 Å². The molecule has 2 saturated heterocycles. The fraction of sp³-hybridized carbons (Fsp3) is 0.467. The summed E-state index contributed by atoms with van der Waals surface area (Å²) in [4.78, 5) is 28.2. The molecule has 0 radical (unpaired) electrons. The van der Waals surface area contributed by atoms with E-state index in [1.165, 1.54) is 17.0 Å². The smallest absolute Gasteiger partial charge is 0.250 e. The first kappa shape index (κ1) is 13.1. The number of nitrogens with zero attached hydrogens (tertiary/aromatic N) is 2. The van der Waals surface area contributed by atoms with E-state index in [1.807, 2.05) is 0 Å². The predicted octanol–water partition coefficient (Wildman–Crippen LogP) is 1.94. The van der Waals surface area contributed by atoms with E-state index in [-0.39, 0.29) is 17.9 Å². The number of piperazine rings is 1. The van der Waals surface area contributed by atoms with Gasteiger partial charge in [0.05, 0.1) is 0 Å². The van der Waals surface area contributed by atoms with Crippen LogP contribution in [0.4, 0.5) is 10.1 Å². The molecular formula is C15H17FN2O2. The van der Waals surface area contributed by atoms with Gasteiger partial charge in [-0.1, -0.05) is 6.07 Å². The minimum absolute atomic E-state index is 0.0430. The van der Waals surface area contributed by atoms with Gasteiger partial charge < -0.3 is 4.90 Å². The molecule has 106 valence electrons. The number of amides is 2. The Kier molecular flexibility index (Phi) is 3.20. The Morgan fingerprint density at radius 2 is 2.00 bits per heavy atom. The first-order valence-corrected chi connectivity index (χ1v) is 6.98. The molecule has 0 spiro atoms.